The van der Waals surface area contributed by atoms with Gasteiger partial charge in [-0.3, -0.25) is 0 Å². The number of rotatable bonds is 6. The van der Waals surface area contributed by atoms with Crippen LogP contribution in [0.5, 0.6) is 0 Å². The third-order valence-corrected chi connectivity index (χ3v) is 4.32. The normalized spacial score (nSPS) is 10.5. The lowest BCUT2D eigenvalue weighted by molar-refractivity contribution is 0.610. The fourth-order valence-electron chi connectivity index (χ4n) is 2.26. The summed E-state index contributed by atoms with van der Waals surface area (Å²) in [6, 6.07) is 13.7. The van der Waals surface area contributed by atoms with Crippen molar-refractivity contribution in [3.63, 3.8) is 0 Å². The summed E-state index contributed by atoms with van der Waals surface area (Å²) in [5.41, 5.74) is 1.31. The van der Waals surface area contributed by atoms with Gasteiger partial charge in [-0.05, 0) is 36.2 Å². The minimum absolute atomic E-state index is 0.212. The molecule has 7 heteroatoms. The molecular formula is C18H15Cl2FN4. The van der Waals surface area contributed by atoms with Crippen LogP contribution < -0.4 is 10.6 Å². The van der Waals surface area contributed by atoms with E-state index in [0.29, 0.717) is 46.0 Å². The molecule has 0 atom stereocenters. The second-order valence-corrected chi connectivity index (χ2v) is 6.05. The fraction of sp³-hybridized carbons (Fsp3) is 0.111. The smallest absolute Gasteiger partial charge is 0.224 e. The van der Waals surface area contributed by atoms with E-state index >= 15 is 0 Å². The summed E-state index contributed by atoms with van der Waals surface area (Å²) in [7, 11) is 0. The van der Waals surface area contributed by atoms with Crippen LogP contribution >= 0.6 is 23.2 Å². The lowest BCUT2D eigenvalue weighted by Crippen LogP contribution is -2.09. The predicted octanol–water partition coefficient (Wildman–Crippen LogP) is 5.32. The lowest BCUT2D eigenvalue weighted by atomic mass is 10.1. The van der Waals surface area contributed by atoms with Crippen LogP contribution in [0.15, 0.2) is 54.7 Å². The molecule has 0 aliphatic rings. The Kier molecular flexibility index (Phi) is 5.68. The molecule has 0 bridgehead atoms. The van der Waals surface area contributed by atoms with Crippen molar-refractivity contribution in [2.45, 2.75) is 6.42 Å². The maximum Gasteiger partial charge on any atom is 0.224 e. The Labute approximate surface area is 155 Å². The van der Waals surface area contributed by atoms with E-state index in [1.165, 1.54) is 6.07 Å². The number of hydrogen-bond acceptors (Lipinski definition) is 4. The van der Waals surface area contributed by atoms with Crippen LogP contribution in [0.4, 0.5) is 21.8 Å². The number of hydrogen-bond donors (Lipinski definition) is 2. The summed E-state index contributed by atoms with van der Waals surface area (Å²) in [4.78, 5) is 8.52. The molecule has 3 aromatic rings. The number of nitrogens with zero attached hydrogens (tertiary/aromatic N) is 2. The van der Waals surface area contributed by atoms with Crippen LogP contribution in [0.3, 0.4) is 0 Å². The average Bonchev–Trinajstić information content (AvgIpc) is 2.61. The monoisotopic (exact) mass is 376 g/mol. The van der Waals surface area contributed by atoms with Gasteiger partial charge in [0.15, 0.2) is 0 Å². The van der Waals surface area contributed by atoms with Gasteiger partial charge < -0.3 is 10.6 Å². The number of aromatic nitrogens is 2. The minimum atomic E-state index is -0.212. The molecule has 1 heterocycles. The van der Waals surface area contributed by atoms with Crippen LogP contribution in [0.25, 0.3) is 0 Å². The summed E-state index contributed by atoms with van der Waals surface area (Å²) in [5.74, 6) is 0.809. The van der Waals surface area contributed by atoms with Crippen molar-refractivity contribution in [1.29, 1.82) is 0 Å². The zero-order valence-electron chi connectivity index (χ0n) is 13.1. The second-order valence-electron chi connectivity index (χ2n) is 5.26. The van der Waals surface area contributed by atoms with Gasteiger partial charge in [0.1, 0.15) is 11.6 Å². The molecule has 2 N–H and O–H groups in total. The third kappa shape index (κ3) is 4.59. The Morgan fingerprint density at radius 3 is 2.68 bits per heavy atom. The maximum atomic E-state index is 13.6. The van der Waals surface area contributed by atoms with Crippen molar-refractivity contribution in [3.8, 4) is 0 Å². The van der Waals surface area contributed by atoms with Gasteiger partial charge in [-0.25, -0.2) is 9.37 Å². The quantitative estimate of drug-likeness (QED) is 0.610. The van der Waals surface area contributed by atoms with Gasteiger partial charge in [0.25, 0.3) is 0 Å². The van der Waals surface area contributed by atoms with Gasteiger partial charge in [0, 0.05) is 12.7 Å². The highest BCUT2D eigenvalue weighted by Gasteiger charge is 2.06. The van der Waals surface area contributed by atoms with Crippen molar-refractivity contribution in [3.05, 3.63) is 76.2 Å². The lowest BCUT2D eigenvalue weighted by Gasteiger charge is -2.10. The molecule has 0 saturated carbocycles. The zero-order chi connectivity index (χ0) is 17.6. The molecule has 0 aliphatic heterocycles. The first-order valence-electron chi connectivity index (χ1n) is 7.65. The standard InChI is InChI=1S/C18H15Cl2FN4/c19-13-5-3-7-15(17(13)20)24-16-9-11-23-18(25-16)22-10-8-12-4-1-2-6-14(12)21/h1-7,9,11H,8,10H2,(H2,22,23,24,25). The average molecular weight is 377 g/mol. The Bertz CT molecular complexity index is 873. The SMILES string of the molecule is Fc1ccccc1CCNc1nccc(Nc2cccc(Cl)c2Cl)n1. The van der Waals surface area contributed by atoms with E-state index in [1.54, 1.807) is 36.5 Å². The van der Waals surface area contributed by atoms with Gasteiger partial charge in [0.05, 0.1) is 15.7 Å². The van der Waals surface area contributed by atoms with Crippen molar-refractivity contribution < 1.29 is 4.39 Å². The van der Waals surface area contributed by atoms with Gasteiger partial charge in [-0.15, -0.1) is 0 Å². The van der Waals surface area contributed by atoms with E-state index in [9.17, 15) is 4.39 Å². The number of nitrogens with one attached hydrogen (secondary N) is 2. The zero-order valence-corrected chi connectivity index (χ0v) is 14.7. The van der Waals surface area contributed by atoms with Gasteiger partial charge >= 0.3 is 0 Å². The molecule has 0 saturated heterocycles. The highest BCUT2D eigenvalue weighted by atomic mass is 35.5. The number of anilines is 3. The van der Waals surface area contributed by atoms with Gasteiger partial charge in [0.2, 0.25) is 5.95 Å². The predicted molar refractivity (Wildman–Crippen MR) is 100 cm³/mol. The third-order valence-electron chi connectivity index (χ3n) is 3.51. The molecule has 3 rings (SSSR count). The Morgan fingerprint density at radius 2 is 1.84 bits per heavy atom. The van der Waals surface area contributed by atoms with Crippen molar-refractivity contribution in [2.24, 2.45) is 0 Å². The van der Waals surface area contributed by atoms with E-state index in [2.05, 4.69) is 20.6 Å². The molecule has 0 spiro atoms. The molecule has 0 amide bonds. The topological polar surface area (TPSA) is 49.8 Å². The molecule has 0 unspecified atom stereocenters. The van der Waals surface area contributed by atoms with E-state index in [4.69, 9.17) is 23.2 Å². The first kappa shape index (κ1) is 17.5. The van der Waals surface area contributed by atoms with E-state index in [-0.39, 0.29) is 5.82 Å². The van der Waals surface area contributed by atoms with Gasteiger partial charge in [-0.2, -0.15) is 4.98 Å². The summed E-state index contributed by atoms with van der Waals surface area (Å²) < 4.78 is 13.6. The molecule has 2 aromatic carbocycles. The summed E-state index contributed by atoms with van der Waals surface area (Å²) in [5, 5.41) is 7.08. The summed E-state index contributed by atoms with van der Waals surface area (Å²) >= 11 is 12.2. The Hall–Kier alpha value is -2.37. The fourth-order valence-corrected chi connectivity index (χ4v) is 2.61. The van der Waals surface area contributed by atoms with Crippen molar-refractivity contribution in [1.82, 2.24) is 9.97 Å². The Morgan fingerprint density at radius 1 is 1.00 bits per heavy atom. The van der Waals surface area contributed by atoms with Crippen LogP contribution in [-0.4, -0.2) is 16.5 Å². The van der Waals surface area contributed by atoms with Crippen molar-refractivity contribution >= 4 is 40.7 Å². The highest BCUT2D eigenvalue weighted by Crippen LogP contribution is 2.31. The van der Waals surface area contributed by atoms with Crippen LogP contribution in [-0.2, 0) is 6.42 Å². The molecule has 25 heavy (non-hydrogen) atoms. The number of halogens is 3. The number of benzene rings is 2. The molecular weight excluding hydrogens is 362 g/mol. The maximum absolute atomic E-state index is 13.6. The van der Waals surface area contributed by atoms with Crippen molar-refractivity contribution in [2.75, 3.05) is 17.2 Å². The minimum Gasteiger partial charge on any atom is -0.354 e. The Balaban J connectivity index is 1.63. The highest BCUT2D eigenvalue weighted by molar-refractivity contribution is 6.43. The van der Waals surface area contributed by atoms with Crippen LogP contribution in [0, 0.1) is 5.82 Å². The van der Waals surface area contributed by atoms with Crippen LogP contribution in [0.2, 0.25) is 10.0 Å². The van der Waals surface area contributed by atoms with E-state index in [0.717, 1.165) is 0 Å². The molecule has 0 radical (unpaired) electrons. The summed E-state index contributed by atoms with van der Waals surface area (Å²) in [6.45, 7) is 0.516. The largest absolute Gasteiger partial charge is 0.354 e. The van der Waals surface area contributed by atoms with E-state index in [1.807, 2.05) is 12.1 Å². The van der Waals surface area contributed by atoms with Gasteiger partial charge in [-0.1, -0.05) is 47.5 Å². The molecule has 1 aromatic heterocycles. The summed E-state index contributed by atoms with van der Waals surface area (Å²) in [6.07, 6.45) is 2.16. The second kappa shape index (κ2) is 8.14. The first-order chi connectivity index (χ1) is 12.1. The first-order valence-corrected chi connectivity index (χ1v) is 8.40. The molecule has 0 fully saturated rings. The molecule has 4 nitrogen and oxygen atoms in total. The van der Waals surface area contributed by atoms with Crippen LogP contribution in [0.1, 0.15) is 5.56 Å². The van der Waals surface area contributed by atoms with E-state index < -0.39 is 0 Å². The molecule has 0 aliphatic carbocycles. The molecule has 128 valence electrons.